The summed E-state index contributed by atoms with van der Waals surface area (Å²) in [7, 11) is 0. The van der Waals surface area contributed by atoms with Crippen molar-refractivity contribution >= 4 is 34.5 Å². The summed E-state index contributed by atoms with van der Waals surface area (Å²) in [5.74, 6) is 0. The Bertz CT molecular complexity index is 920. The highest BCUT2D eigenvalue weighted by atomic mass is 127. The summed E-state index contributed by atoms with van der Waals surface area (Å²) >= 11 is 2.38. The molecule has 0 amide bonds. The molecular formula is C21H21IN2. The predicted octanol–water partition coefficient (Wildman–Crippen LogP) is 6.07. The van der Waals surface area contributed by atoms with Crippen LogP contribution < -0.4 is 0 Å². The molecular weight excluding hydrogens is 407 g/mol. The van der Waals surface area contributed by atoms with Gasteiger partial charge in [-0.1, -0.05) is 18.2 Å². The van der Waals surface area contributed by atoms with Gasteiger partial charge in [0.05, 0.1) is 5.69 Å². The van der Waals surface area contributed by atoms with Gasteiger partial charge in [-0.2, -0.15) is 0 Å². The molecule has 1 aromatic heterocycles. The second-order valence-corrected chi connectivity index (χ2v) is 7.30. The van der Waals surface area contributed by atoms with Gasteiger partial charge in [0.2, 0.25) is 0 Å². The van der Waals surface area contributed by atoms with Crippen LogP contribution in [-0.4, -0.2) is 10.8 Å². The van der Waals surface area contributed by atoms with Gasteiger partial charge in [-0.25, -0.2) is 0 Å². The lowest BCUT2D eigenvalue weighted by molar-refractivity contribution is 0.962. The average molecular weight is 428 g/mol. The maximum absolute atomic E-state index is 4.68. The molecule has 0 aliphatic carbocycles. The van der Waals surface area contributed by atoms with Crippen LogP contribution in [0.15, 0.2) is 53.5 Å². The van der Waals surface area contributed by atoms with E-state index in [1.807, 2.05) is 24.4 Å². The molecule has 0 fully saturated rings. The van der Waals surface area contributed by atoms with Gasteiger partial charge in [0, 0.05) is 32.4 Å². The van der Waals surface area contributed by atoms with Crippen LogP contribution in [-0.2, 0) is 0 Å². The summed E-state index contributed by atoms with van der Waals surface area (Å²) in [5.41, 5.74) is 8.31. The summed E-state index contributed by atoms with van der Waals surface area (Å²) in [6, 6.07) is 17.0. The molecule has 2 aromatic carbocycles. The number of hydrogen-bond donors (Lipinski definition) is 0. The van der Waals surface area contributed by atoms with Crippen LogP contribution in [0.2, 0.25) is 0 Å². The second kappa shape index (κ2) is 6.93. The van der Waals surface area contributed by atoms with E-state index in [1.165, 1.54) is 31.8 Å². The van der Waals surface area contributed by atoms with E-state index in [1.54, 1.807) is 0 Å². The van der Waals surface area contributed by atoms with Crippen LogP contribution >= 0.6 is 22.6 Å². The maximum atomic E-state index is 4.68. The molecule has 0 spiro atoms. The SMILES string of the molecule is Cc1cc(-n2c(C)cc(C=Nc3ccccc3C)c2C)ccc1I. The van der Waals surface area contributed by atoms with Crippen LogP contribution in [0.4, 0.5) is 5.69 Å². The smallest absolute Gasteiger partial charge is 0.0659 e. The second-order valence-electron chi connectivity index (χ2n) is 6.14. The fourth-order valence-corrected chi connectivity index (χ4v) is 3.27. The Balaban J connectivity index is 2.00. The van der Waals surface area contributed by atoms with Crippen molar-refractivity contribution in [1.29, 1.82) is 0 Å². The Labute approximate surface area is 157 Å². The minimum atomic E-state index is 1.02. The number of aromatic nitrogens is 1. The van der Waals surface area contributed by atoms with E-state index in [0.29, 0.717) is 0 Å². The van der Waals surface area contributed by atoms with Crippen LogP contribution in [0.3, 0.4) is 0 Å². The highest BCUT2D eigenvalue weighted by Gasteiger charge is 2.10. The third-order valence-corrected chi connectivity index (χ3v) is 5.54. The van der Waals surface area contributed by atoms with E-state index >= 15 is 0 Å². The molecule has 3 aromatic rings. The number of hydrogen-bond acceptors (Lipinski definition) is 1. The molecule has 0 radical (unpaired) electrons. The average Bonchev–Trinajstić information content (AvgIpc) is 2.83. The van der Waals surface area contributed by atoms with Crippen molar-refractivity contribution in [3.05, 3.63) is 80.2 Å². The lowest BCUT2D eigenvalue weighted by atomic mass is 10.2. The van der Waals surface area contributed by atoms with Gasteiger partial charge in [0.25, 0.3) is 0 Å². The van der Waals surface area contributed by atoms with Gasteiger partial charge in [-0.05, 0) is 91.7 Å². The highest BCUT2D eigenvalue weighted by Crippen LogP contribution is 2.24. The van der Waals surface area contributed by atoms with Crippen LogP contribution in [0.1, 0.15) is 28.1 Å². The topological polar surface area (TPSA) is 17.3 Å². The molecule has 3 rings (SSSR count). The van der Waals surface area contributed by atoms with E-state index in [4.69, 9.17) is 0 Å². The molecule has 0 aliphatic rings. The van der Waals surface area contributed by atoms with Crippen LogP contribution in [0.5, 0.6) is 0 Å². The fourth-order valence-electron chi connectivity index (χ4n) is 2.93. The summed E-state index contributed by atoms with van der Waals surface area (Å²) in [4.78, 5) is 4.68. The number of para-hydroxylation sites is 1. The van der Waals surface area contributed by atoms with Crippen molar-refractivity contribution in [2.45, 2.75) is 27.7 Å². The Morgan fingerprint density at radius 1 is 0.917 bits per heavy atom. The first-order chi connectivity index (χ1) is 11.5. The van der Waals surface area contributed by atoms with Gasteiger partial charge in [0.1, 0.15) is 0 Å². The first-order valence-electron chi connectivity index (χ1n) is 8.02. The number of aryl methyl sites for hydroxylation is 3. The number of rotatable bonds is 3. The molecule has 3 heteroatoms. The zero-order valence-corrected chi connectivity index (χ0v) is 16.6. The molecule has 2 nitrogen and oxygen atoms in total. The molecule has 0 saturated carbocycles. The van der Waals surface area contributed by atoms with Crippen LogP contribution in [0.25, 0.3) is 5.69 Å². The Morgan fingerprint density at radius 3 is 2.38 bits per heavy atom. The molecule has 1 heterocycles. The molecule has 122 valence electrons. The quantitative estimate of drug-likeness (QED) is 0.356. The van der Waals surface area contributed by atoms with E-state index in [2.05, 4.69) is 90.2 Å². The fraction of sp³-hybridized carbons (Fsp3) is 0.190. The first-order valence-corrected chi connectivity index (χ1v) is 9.10. The van der Waals surface area contributed by atoms with Crippen molar-refractivity contribution in [3.63, 3.8) is 0 Å². The normalized spacial score (nSPS) is 11.4. The van der Waals surface area contributed by atoms with E-state index in [0.717, 1.165) is 11.3 Å². The molecule has 24 heavy (non-hydrogen) atoms. The van der Waals surface area contributed by atoms with E-state index < -0.39 is 0 Å². The third kappa shape index (κ3) is 3.31. The number of halogens is 1. The van der Waals surface area contributed by atoms with Crippen molar-refractivity contribution < 1.29 is 0 Å². The number of benzene rings is 2. The van der Waals surface area contributed by atoms with E-state index in [9.17, 15) is 0 Å². The minimum Gasteiger partial charge on any atom is -0.318 e. The molecule has 0 aliphatic heterocycles. The van der Waals surface area contributed by atoms with Crippen molar-refractivity contribution in [2.75, 3.05) is 0 Å². The van der Waals surface area contributed by atoms with Crippen molar-refractivity contribution in [1.82, 2.24) is 4.57 Å². The first kappa shape index (κ1) is 17.0. The summed E-state index contributed by atoms with van der Waals surface area (Å²) in [6.45, 7) is 8.54. The van der Waals surface area contributed by atoms with Gasteiger partial charge in [0.15, 0.2) is 0 Å². The summed E-state index contributed by atoms with van der Waals surface area (Å²) < 4.78 is 3.59. The van der Waals surface area contributed by atoms with Crippen molar-refractivity contribution in [3.8, 4) is 5.69 Å². The van der Waals surface area contributed by atoms with Gasteiger partial charge in [-0.3, -0.25) is 4.99 Å². The molecule has 0 unspecified atom stereocenters. The summed E-state index contributed by atoms with van der Waals surface area (Å²) in [5, 5.41) is 0. The zero-order valence-electron chi connectivity index (χ0n) is 14.5. The lowest BCUT2D eigenvalue weighted by Gasteiger charge is -2.11. The monoisotopic (exact) mass is 428 g/mol. The molecule has 0 atom stereocenters. The Morgan fingerprint density at radius 2 is 1.67 bits per heavy atom. The Kier molecular flexibility index (Phi) is 4.90. The maximum Gasteiger partial charge on any atom is 0.0659 e. The standard InChI is InChI=1S/C21H21IN2/c1-14-7-5-6-8-21(14)23-13-18-12-16(3)24(17(18)4)19-9-10-20(22)15(2)11-19/h5-13H,1-4H3. The minimum absolute atomic E-state index is 1.02. The van der Waals surface area contributed by atoms with Gasteiger partial charge >= 0.3 is 0 Å². The van der Waals surface area contributed by atoms with Gasteiger partial charge in [-0.15, -0.1) is 0 Å². The molecule has 0 N–H and O–H groups in total. The van der Waals surface area contributed by atoms with Crippen LogP contribution in [0, 0.1) is 31.3 Å². The Hall–Kier alpha value is -1.88. The number of nitrogens with zero attached hydrogens (tertiary/aromatic N) is 2. The zero-order chi connectivity index (χ0) is 17.3. The molecule has 0 saturated heterocycles. The lowest BCUT2D eigenvalue weighted by Crippen LogP contribution is -2.00. The van der Waals surface area contributed by atoms with Crippen molar-refractivity contribution in [2.24, 2.45) is 4.99 Å². The highest BCUT2D eigenvalue weighted by molar-refractivity contribution is 14.1. The molecule has 0 bridgehead atoms. The summed E-state index contributed by atoms with van der Waals surface area (Å²) in [6.07, 6.45) is 1.97. The largest absolute Gasteiger partial charge is 0.318 e. The predicted molar refractivity (Wildman–Crippen MR) is 111 cm³/mol. The third-order valence-electron chi connectivity index (χ3n) is 4.33. The van der Waals surface area contributed by atoms with E-state index in [-0.39, 0.29) is 0 Å². The number of aliphatic imine (C=N–C) groups is 1. The van der Waals surface area contributed by atoms with Gasteiger partial charge < -0.3 is 4.57 Å².